The number of amides is 1. The minimum absolute atomic E-state index is 0.0141. The first kappa shape index (κ1) is 18.3. The summed E-state index contributed by atoms with van der Waals surface area (Å²) in [4.78, 5) is 23.6. The lowest BCUT2D eigenvalue weighted by Crippen LogP contribution is -2.47. The van der Waals surface area contributed by atoms with Gasteiger partial charge in [0, 0.05) is 18.1 Å². The van der Waals surface area contributed by atoms with Gasteiger partial charge in [0.25, 0.3) is 0 Å². The summed E-state index contributed by atoms with van der Waals surface area (Å²) in [6, 6.07) is 1.31. The first-order chi connectivity index (χ1) is 11.1. The van der Waals surface area contributed by atoms with Crippen LogP contribution in [-0.4, -0.2) is 30.1 Å². The largest absolute Gasteiger partial charge is 0.444 e. The molecule has 0 aromatic heterocycles. The number of carbonyl (C=O) groups is 2. The number of aryl methyl sites for hydroxylation is 1. The van der Waals surface area contributed by atoms with Crippen LogP contribution in [0.5, 0.6) is 0 Å². The Bertz CT molecular complexity index is 655. The van der Waals surface area contributed by atoms with Crippen molar-refractivity contribution in [1.29, 1.82) is 0 Å². The molecular formula is C17H21F2NO4. The van der Waals surface area contributed by atoms with Gasteiger partial charge in [0.1, 0.15) is 29.9 Å². The quantitative estimate of drug-likeness (QED) is 0.897. The zero-order valence-electron chi connectivity index (χ0n) is 14.1. The van der Waals surface area contributed by atoms with E-state index in [0.29, 0.717) is 0 Å². The highest BCUT2D eigenvalue weighted by Gasteiger charge is 2.35. The van der Waals surface area contributed by atoms with E-state index >= 15 is 0 Å². The van der Waals surface area contributed by atoms with Crippen molar-refractivity contribution in [3.8, 4) is 0 Å². The number of ketones is 1. The van der Waals surface area contributed by atoms with Gasteiger partial charge in [-0.05, 0) is 39.3 Å². The van der Waals surface area contributed by atoms with E-state index in [4.69, 9.17) is 9.47 Å². The molecule has 1 aliphatic rings. The highest BCUT2D eigenvalue weighted by atomic mass is 19.1. The molecule has 1 heterocycles. The smallest absolute Gasteiger partial charge is 0.407 e. The number of rotatable bonds is 2. The molecule has 0 radical (unpaired) electrons. The third kappa shape index (κ3) is 4.50. The molecule has 1 aromatic rings. The minimum atomic E-state index is -0.894. The maximum atomic E-state index is 14.1. The Morgan fingerprint density at radius 3 is 2.58 bits per heavy atom. The lowest BCUT2D eigenvalue weighted by Gasteiger charge is -2.33. The van der Waals surface area contributed by atoms with Crippen molar-refractivity contribution in [2.45, 2.75) is 51.9 Å². The van der Waals surface area contributed by atoms with E-state index in [0.717, 1.165) is 6.07 Å². The number of hydrogen-bond donors (Lipinski definition) is 1. The van der Waals surface area contributed by atoms with Gasteiger partial charge in [-0.2, -0.15) is 0 Å². The summed E-state index contributed by atoms with van der Waals surface area (Å²) in [5, 5.41) is 2.55. The predicted molar refractivity (Wildman–Crippen MR) is 82.6 cm³/mol. The standard InChI is InChI=1S/C17H21F2NO4/c1-9-5-11(13(19)7-12(9)18)15-14(6-10(21)8-23-15)20-16(22)24-17(2,3)4/h5,7,14-15H,6,8H2,1-4H3,(H,20,22). The molecule has 0 bridgehead atoms. The highest BCUT2D eigenvalue weighted by molar-refractivity contribution is 5.82. The average molecular weight is 341 g/mol. The molecule has 132 valence electrons. The lowest BCUT2D eigenvalue weighted by atomic mass is 9.94. The Morgan fingerprint density at radius 2 is 1.96 bits per heavy atom. The monoisotopic (exact) mass is 341 g/mol. The summed E-state index contributed by atoms with van der Waals surface area (Å²) < 4.78 is 38.2. The van der Waals surface area contributed by atoms with Gasteiger partial charge in [-0.3, -0.25) is 4.79 Å². The topological polar surface area (TPSA) is 64.6 Å². The molecule has 0 saturated carbocycles. The van der Waals surface area contributed by atoms with Crippen LogP contribution in [0.4, 0.5) is 13.6 Å². The highest BCUT2D eigenvalue weighted by Crippen LogP contribution is 2.31. The maximum Gasteiger partial charge on any atom is 0.407 e. The second-order valence-electron chi connectivity index (χ2n) is 6.85. The number of ether oxygens (including phenoxy) is 2. The van der Waals surface area contributed by atoms with Crippen molar-refractivity contribution >= 4 is 11.9 Å². The van der Waals surface area contributed by atoms with Crippen molar-refractivity contribution in [3.05, 3.63) is 34.9 Å². The van der Waals surface area contributed by atoms with E-state index in [1.807, 2.05) is 0 Å². The minimum Gasteiger partial charge on any atom is -0.444 e. The van der Waals surface area contributed by atoms with Gasteiger partial charge < -0.3 is 14.8 Å². The van der Waals surface area contributed by atoms with Gasteiger partial charge in [-0.25, -0.2) is 13.6 Å². The number of Topliss-reactive ketones (excluding diaryl/α,β-unsaturated/α-hetero) is 1. The van der Waals surface area contributed by atoms with E-state index in [2.05, 4.69) is 5.32 Å². The molecule has 2 unspecified atom stereocenters. The third-order valence-corrected chi connectivity index (χ3v) is 3.52. The van der Waals surface area contributed by atoms with Crippen LogP contribution >= 0.6 is 0 Å². The number of carbonyl (C=O) groups excluding carboxylic acids is 2. The fraction of sp³-hybridized carbons (Fsp3) is 0.529. The summed E-state index contributed by atoms with van der Waals surface area (Å²) in [5.74, 6) is -1.67. The van der Waals surface area contributed by atoms with Crippen LogP contribution in [0.1, 0.15) is 44.4 Å². The van der Waals surface area contributed by atoms with Crippen LogP contribution in [0.25, 0.3) is 0 Å². The SMILES string of the molecule is Cc1cc(C2OCC(=O)CC2NC(=O)OC(C)(C)C)c(F)cc1F. The van der Waals surface area contributed by atoms with Gasteiger partial charge in [-0.1, -0.05) is 0 Å². The van der Waals surface area contributed by atoms with Gasteiger partial charge in [0.15, 0.2) is 5.78 Å². The second kappa shape index (κ2) is 6.84. The lowest BCUT2D eigenvalue weighted by molar-refractivity contribution is -0.133. The third-order valence-electron chi connectivity index (χ3n) is 3.52. The summed E-state index contributed by atoms with van der Waals surface area (Å²) in [7, 11) is 0. The summed E-state index contributed by atoms with van der Waals surface area (Å²) >= 11 is 0. The van der Waals surface area contributed by atoms with Crippen LogP contribution < -0.4 is 5.32 Å². The fourth-order valence-corrected chi connectivity index (χ4v) is 2.50. The molecule has 7 heteroatoms. The Balaban J connectivity index is 2.25. The van der Waals surface area contributed by atoms with Gasteiger partial charge in [0.2, 0.25) is 0 Å². The van der Waals surface area contributed by atoms with E-state index in [1.54, 1.807) is 20.8 Å². The van der Waals surface area contributed by atoms with Crippen molar-refractivity contribution in [1.82, 2.24) is 5.32 Å². The molecule has 1 saturated heterocycles. The van der Waals surface area contributed by atoms with Gasteiger partial charge in [0.05, 0.1) is 6.04 Å². The molecule has 1 aliphatic heterocycles. The van der Waals surface area contributed by atoms with Crippen LogP contribution in [0.3, 0.4) is 0 Å². The van der Waals surface area contributed by atoms with Crippen LogP contribution in [0.2, 0.25) is 0 Å². The average Bonchev–Trinajstić information content (AvgIpc) is 2.41. The number of benzene rings is 1. The molecule has 2 atom stereocenters. The summed E-state index contributed by atoms with van der Waals surface area (Å²) in [6.45, 7) is 6.43. The normalized spacial score (nSPS) is 21.5. The molecular weight excluding hydrogens is 320 g/mol. The molecule has 1 fully saturated rings. The van der Waals surface area contributed by atoms with Crippen molar-refractivity contribution < 1.29 is 27.8 Å². The van der Waals surface area contributed by atoms with Gasteiger partial charge >= 0.3 is 6.09 Å². The molecule has 5 nitrogen and oxygen atoms in total. The van der Waals surface area contributed by atoms with E-state index < -0.39 is 35.5 Å². The second-order valence-corrected chi connectivity index (χ2v) is 6.85. The van der Waals surface area contributed by atoms with E-state index in [-0.39, 0.29) is 29.9 Å². The number of alkyl carbamates (subject to hydrolysis) is 1. The number of halogens is 2. The maximum absolute atomic E-state index is 14.1. The fourth-order valence-electron chi connectivity index (χ4n) is 2.50. The first-order valence-electron chi connectivity index (χ1n) is 7.65. The summed E-state index contributed by atoms with van der Waals surface area (Å²) in [6.07, 6.45) is -1.63. The Hall–Kier alpha value is -2.02. The molecule has 1 amide bonds. The molecule has 0 aliphatic carbocycles. The van der Waals surface area contributed by atoms with E-state index in [1.165, 1.54) is 13.0 Å². The van der Waals surface area contributed by atoms with Crippen molar-refractivity contribution in [2.75, 3.05) is 6.61 Å². The Kier molecular flexibility index (Phi) is 5.22. The Labute approximate surface area is 139 Å². The molecule has 1 N–H and O–H groups in total. The zero-order valence-corrected chi connectivity index (χ0v) is 14.1. The van der Waals surface area contributed by atoms with E-state index in [9.17, 15) is 18.4 Å². The predicted octanol–water partition coefficient (Wildman–Crippen LogP) is 3.20. The molecule has 0 spiro atoms. The van der Waals surface area contributed by atoms with Crippen LogP contribution in [0.15, 0.2) is 12.1 Å². The number of hydrogen-bond acceptors (Lipinski definition) is 4. The van der Waals surface area contributed by atoms with Crippen LogP contribution in [0, 0.1) is 18.6 Å². The van der Waals surface area contributed by atoms with Crippen LogP contribution in [-0.2, 0) is 14.3 Å². The van der Waals surface area contributed by atoms with Gasteiger partial charge in [-0.15, -0.1) is 0 Å². The Morgan fingerprint density at radius 1 is 1.29 bits per heavy atom. The number of nitrogens with one attached hydrogen (secondary N) is 1. The molecule has 24 heavy (non-hydrogen) atoms. The first-order valence-corrected chi connectivity index (χ1v) is 7.65. The zero-order chi connectivity index (χ0) is 18.1. The van der Waals surface area contributed by atoms with Crippen molar-refractivity contribution in [2.24, 2.45) is 0 Å². The molecule has 2 rings (SSSR count). The molecule has 1 aromatic carbocycles. The van der Waals surface area contributed by atoms with Crippen molar-refractivity contribution in [3.63, 3.8) is 0 Å². The summed E-state index contributed by atoms with van der Waals surface area (Å²) in [5.41, 5.74) is -0.359.